The normalized spacial score (nSPS) is 18.0. The first-order valence-electron chi connectivity index (χ1n) is 8.46. The van der Waals surface area contributed by atoms with Gasteiger partial charge < -0.3 is 5.11 Å². The monoisotopic (exact) mass is 325 g/mol. The average molecular weight is 325 g/mol. The van der Waals surface area contributed by atoms with E-state index in [0.29, 0.717) is 6.42 Å². The van der Waals surface area contributed by atoms with E-state index in [1.807, 2.05) is 19.1 Å². The number of nitrogens with zero attached hydrogens (tertiary/aromatic N) is 3. The molecule has 1 aliphatic heterocycles. The van der Waals surface area contributed by atoms with Gasteiger partial charge in [-0.25, -0.2) is 9.97 Å². The number of likely N-dealkylation sites (tertiary alicyclic amines) is 1. The summed E-state index contributed by atoms with van der Waals surface area (Å²) in [7, 11) is 0. The van der Waals surface area contributed by atoms with Crippen molar-refractivity contribution < 1.29 is 9.90 Å². The van der Waals surface area contributed by atoms with Crippen LogP contribution < -0.4 is 0 Å². The molecule has 1 aromatic carbocycles. The third-order valence-electron chi connectivity index (χ3n) is 4.44. The topological polar surface area (TPSA) is 66.3 Å². The molecule has 0 amide bonds. The number of rotatable bonds is 6. The fraction of sp³-hybridized carbons (Fsp3) is 0.421. The zero-order valence-electron chi connectivity index (χ0n) is 14.0. The van der Waals surface area contributed by atoms with Gasteiger partial charge in [0, 0.05) is 18.7 Å². The Morgan fingerprint density at radius 2 is 2.08 bits per heavy atom. The van der Waals surface area contributed by atoms with Gasteiger partial charge in [0.1, 0.15) is 5.82 Å². The van der Waals surface area contributed by atoms with E-state index in [0.717, 1.165) is 43.1 Å². The molecule has 1 atom stereocenters. The van der Waals surface area contributed by atoms with Crippen molar-refractivity contribution >= 4 is 5.97 Å². The molecule has 0 bridgehead atoms. The van der Waals surface area contributed by atoms with Crippen molar-refractivity contribution in [1.82, 2.24) is 14.9 Å². The number of aromatic nitrogens is 2. The summed E-state index contributed by atoms with van der Waals surface area (Å²) in [5.74, 6) is -0.0705. The van der Waals surface area contributed by atoms with Crippen LogP contribution in [0.15, 0.2) is 36.4 Å². The van der Waals surface area contributed by atoms with Crippen LogP contribution in [0.5, 0.6) is 0 Å². The summed E-state index contributed by atoms with van der Waals surface area (Å²) in [4.78, 5) is 22.3. The number of aliphatic carboxylic acids is 1. The van der Waals surface area contributed by atoms with Crippen molar-refractivity contribution in [2.75, 3.05) is 6.54 Å². The molecule has 126 valence electrons. The fourth-order valence-electron chi connectivity index (χ4n) is 3.36. The Kier molecular flexibility index (Phi) is 5.20. The van der Waals surface area contributed by atoms with Gasteiger partial charge in [-0.1, -0.05) is 30.3 Å². The lowest BCUT2D eigenvalue weighted by Gasteiger charge is -2.24. The summed E-state index contributed by atoms with van der Waals surface area (Å²) < 4.78 is 0. The molecule has 2 aromatic rings. The molecule has 24 heavy (non-hydrogen) atoms. The molecule has 1 fully saturated rings. The van der Waals surface area contributed by atoms with Crippen molar-refractivity contribution in [3.05, 3.63) is 59.2 Å². The number of hydrogen-bond acceptors (Lipinski definition) is 4. The maximum absolute atomic E-state index is 10.8. The summed E-state index contributed by atoms with van der Waals surface area (Å²) in [5, 5.41) is 8.88. The minimum atomic E-state index is -0.792. The highest BCUT2D eigenvalue weighted by Gasteiger charge is 2.27. The molecule has 1 aromatic heterocycles. The van der Waals surface area contributed by atoms with Crippen molar-refractivity contribution in [3.8, 4) is 0 Å². The third-order valence-corrected chi connectivity index (χ3v) is 4.44. The molecular formula is C19H23N3O2. The minimum Gasteiger partial charge on any atom is -0.481 e. The van der Waals surface area contributed by atoms with E-state index in [-0.39, 0.29) is 12.5 Å². The van der Waals surface area contributed by atoms with Gasteiger partial charge in [-0.2, -0.15) is 0 Å². The van der Waals surface area contributed by atoms with Gasteiger partial charge in [-0.3, -0.25) is 9.69 Å². The largest absolute Gasteiger partial charge is 0.481 e. The van der Waals surface area contributed by atoms with Gasteiger partial charge >= 0.3 is 5.97 Å². The highest BCUT2D eigenvalue weighted by molar-refractivity contribution is 5.66. The zero-order valence-corrected chi connectivity index (χ0v) is 14.0. The molecule has 1 aliphatic rings. The summed E-state index contributed by atoms with van der Waals surface area (Å²) in [6, 6.07) is 12.8. The number of carbonyl (C=O) groups is 1. The first-order valence-corrected chi connectivity index (χ1v) is 8.46. The molecule has 1 saturated heterocycles. The molecular weight excluding hydrogens is 302 g/mol. The number of aryl methyl sites for hydroxylation is 2. The molecule has 5 nitrogen and oxygen atoms in total. The van der Waals surface area contributed by atoms with E-state index in [4.69, 9.17) is 5.11 Å². The Labute approximate surface area is 142 Å². The molecule has 3 rings (SSSR count). The van der Waals surface area contributed by atoms with Crippen molar-refractivity contribution in [1.29, 1.82) is 0 Å². The average Bonchev–Trinajstić information content (AvgIpc) is 3.01. The number of carboxylic acid groups (broad SMARTS) is 1. The number of carboxylic acids is 1. The molecule has 2 heterocycles. The van der Waals surface area contributed by atoms with Crippen LogP contribution in [-0.4, -0.2) is 32.5 Å². The van der Waals surface area contributed by atoms with E-state index in [1.165, 1.54) is 5.56 Å². The van der Waals surface area contributed by atoms with E-state index in [9.17, 15) is 4.79 Å². The van der Waals surface area contributed by atoms with E-state index in [2.05, 4.69) is 39.1 Å². The molecule has 0 saturated carbocycles. The Hall–Kier alpha value is -2.27. The van der Waals surface area contributed by atoms with Crippen LogP contribution in [0.1, 0.15) is 48.1 Å². The molecule has 0 spiro atoms. The van der Waals surface area contributed by atoms with Crippen molar-refractivity contribution in [2.24, 2.45) is 0 Å². The van der Waals surface area contributed by atoms with Crippen LogP contribution in [0.4, 0.5) is 0 Å². The van der Waals surface area contributed by atoms with E-state index < -0.39 is 5.97 Å². The Bertz CT molecular complexity index is 703. The Morgan fingerprint density at radius 1 is 1.29 bits per heavy atom. The van der Waals surface area contributed by atoms with Gasteiger partial charge in [0.05, 0.1) is 18.2 Å². The summed E-state index contributed by atoms with van der Waals surface area (Å²) >= 11 is 0. The SMILES string of the molecule is Cc1nc(CCC(=O)O)cc(C2CCCN2Cc2ccccc2)n1. The van der Waals surface area contributed by atoms with Crippen LogP contribution >= 0.6 is 0 Å². The van der Waals surface area contributed by atoms with Crippen molar-refractivity contribution in [2.45, 2.75) is 45.2 Å². The molecule has 5 heteroatoms. The molecule has 1 unspecified atom stereocenters. The van der Waals surface area contributed by atoms with Gasteiger partial charge in [-0.15, -0.1) is 0 Å². The smallest absolute Gasteiger partial charge is 0.303 e. The number of hydrogen-bond donors (Lipinski definition) is 1. The fourth-order valence-corrected chi connectivity index (χ4v) is 3.36. The highest BCUT2D eigenvalue weighted by atomic mass is 16.4. The summed E-state index contributed by atoms with van der Waals surface area (Å²) in [6.45, 7) is 3.86. The molecule has 0 aliphatic carbocycles. The highest BCUT2D eigenvalue weighted by Crippen LogP contribution is 2.32. The Morgan fingerprint density at radius 3 is 2.83 bits per heavy atom. The summed E-state index contributed by atoms with van der Waals surface area (Å²) in [5.41, 5.74) is 3.16. The zero-order chi connectivity index (χ0) is 16.9. The van der Waals surface area contributed by atoms with E-state index in [1.54, 1.807) is 0 Å². The predicted octanol–water partition coefficient (Wildman–Crippen LogP) is 3.14. The van der Waals surface area contributed by atoms with Gasteiger partial charge in [-0.05, 0) is 37.9 Å². The van der Waals surface area contributed by atoms with Gasteiger partial charge in [0.25, 0.3) is 0 Å². The lowest BCUT2D eigenvalue weighted by molar-refractivity contribution is -0.136. The maximum Gasteiger partial charge on any atom is 0.303 e. The first-order chi connectivity index (χ1) is 11.6. The van der Waals surface area contributed by atoms with Crippen LogP contribution in [0.25, 0.3) is 0 Å². The van der Waals surface area contributed by atoms with Gasteiger partial charge in [0.2, 0.25) is 0 Å². The second kappa shape index (κ2) is 7.53. The van der Waals surface area contributed by atoms with Crippen LogP contribution in [0, 0.1) is 6.92 Å². The van der Waals surface area contributed by atoms with Crippen LogP contribution in [0.3, 0.4) is 0 Å². The summed E-state index contributed by atoms with van der Waals surface area (Å²) in [6.07, 6.45) is 2.80. The second-order valence-electron chi connectivity index (χ2n) is 6.34. The molecule has 0 radical (unpaired) electrons. The van der Waals surface area contributed by atoms with Crippen molar-refractivity contribution in [3.63, 3.8) is 0 Å². The third kappa shape index (κ3) is 4.17. The van der Waals surface area contributed by atoms with Crippen LogP contribution in [0.2, 0.25) is 0 Å². The molecule has 1 N–H and O–H groups in total. The standard InChI is InChI=1S/C19H23N3O2/c1-14-20-16(9-10-19(23)24)12-17(21-14)18-8-5-11-22(18)13-15-6-3-2-4-7-15/h2-4,6-7,12,18H,5,8-11,13H2,1H3,(H,23,24). The Balaban J connectivity index is 1.77. The first kappa shape index (κ1) is 16.6. The minimum absolute atomic E-state index is 0.105. The second-order valence-corrected chi connectivity index (χ2v) is 6.34. The van der Waals surface area contributed by atoms with Gasteiger partial charge in [0.15, 0.2) is 0 Å². The van der Waals surface area contributed by atoms with E-state index >= 15 is 0 Å². The predicted molar refractivity (Wildman–Crippen MR) is 91.6 cm³/mol. The maximum atomic E-state index is 10.8. The van der Waals surface area contributed by atoms with Crippen LogP contribution in [-0.2, 0) is 17.8 Å². The lowest BCUT2D eigenvalue weighted by atomic mass is 10.1. The quantitative estimate of drug-likeness (QED) is 0.884. The number of benzene rings is 1. The lowest BCUT2D eigenvalue weighted by Crippen LogP contribution is -2.24.